The van der Waals surface area contributed by atoms with Crippen LogP contribution >= 0.6 is 0 Å². The predicted octanol–water partition coefficient (Wildman–Crippen LogP) is 0.147. The molecule has 108 valence electrons. The molecule has 1 heterocycles. The summed E-state index contributed by atoms with van der Waals surface area (Å²) in [5.41, 5.74) is 4.10. The van der Waals surface area contributed by atoms with Gasteiger partial charge in [-0.2, -0.15) is 0 Å². The third-order valence-electron chi connectivity index (χ3n) is 3.91. The number of carbonyl (C=O) groups excluding carboxylic acids is 2. The van der Waals surface area contributed by atoms with E-state index >= 15 is 0 Å². The van der Waals surface area contributed by atoms with E-state index in [0.717, 1.165) is 0 Å². The van der Waals surface area contributed by atoms with Crippen LogP contribution in [0.2, 0.25) is 0 Å². The van der Waals surface area contributed by atoms with Gasteiger partial charge in [-0.3, -0.25) is 19.8 Å². The van der Waals surface area contributed by atoms with Crippen LogP contribution < -0.4 is 11.1 Å². The zero-order chi connectivity index (χ0) is 14.6. The first kappa shape index (κ1) is 15.4. The average molecular weight is 271 g/mol. The number of urea groups is 1. The molecule has 1 aliphatic heterocycles. The second-order valence-electron chi connectivity index (χ2n) is 5.04. The van der Waals surface area contributed by atoms with Gasteiger partial charge in [0.2, 0.25) is 5.91 Å². The van der Waals surface area contributed by atoms with Crippen LogP contribution in [0.5, 0.6) is 0 Å². The summed E-state index contributed by atoms with van der Waals surface area (Å²) < 4.78 is 0. The number of carboxylic acid groups (broad SMARTS) is 1. The Morgan fingerprint density at radius 1 is 1.47 bits per heavy atom. The van der Waals surface area contributed by atoms with Crippen molar-refractivity contribution >= 4 is 17.9 Å². The summed E-state index contributed by atoms with van der Waals surface area (Å²) in [6.45, 7) is 4.44. The number of nitrogens with one attached hydrogen (secondary N) is 1. The summed E-state index contributed by atoms with van der Waals surface area (Å²) in [7, 11) is 0. The minimum Gasteiger partial charge on any atom is -0.481 e. The maximum atomic E-state index is 11.7. The number of carbonyl (C=O) groups is 3. The van der Waals surface area contributed by atoms with Gasteiger partial charge in [-0.05, 0) is 32.7 Å². The number of aliphatic carboxylic acids is 1. The smallest absolute Gasteiger partial charge is 0.318 e. The normalized spacial score (nSPS) is 25.6. The zero-order valence-electron chi connectivity index (χ0n) is 11.3. The Kier molecular flexibility index (Phi) is 4.88. The third-order valence-corrected chi connectivity index (χ3v) is 3.91. The van der Waals surface area contributed by atoms with Crippen LogP contribution in [0, 0.1) is 5.41 Å². The van der Waals surface area contributed by atoms with Gasteiger partial charge in [0.15, 0.2) is 0 Å². The molecule has 0 saturated carbocycles. The molecule has 7 nitrogen and oxygen atoms in total. The first-order chi connectivity index (χ1) is 8.82. The average Bonchev–Trinajstić information content (AvgIpc) is 2.36. The molecule has 0 radical (unpaired) electrons. The van der Waals surface area contributed by atoms with E-state index < -0.39 is 29.4 Å². The fourth-order valence-corrected chi connectivity index (χ4v) is 2.50. The minimum atomic E-state index is -0.895. The topological polar surface area (TPSA) is 113 Å². The van der Waals surface area contributed by atoms with Crippen LogP contribution in [0.15, 0.2) is 0 Å². The molecule has 0 aromatic heterocycles. The monoisotopic (exact) mass is 271 g/mol. The second kappa shape index (κ2) is 6.01. The maximum Gasteiger partial charge on any atom is 0.318 e. The summed E-state index contributed by atoms with van der Waals surface area (Å²) in [5, 5.41) is 11.4. The number of amides is 3. The number of nitrogens with two attached hydrogens (primary N) is 1. The minimum absolute atomic E-state index is 0.312. The Hall–Kier alpha value is -1.63. The molecule has 1 fully saturated rings. The lowest BCUT2D eigenvalue weighted by Gasteiger charge is -2.41. The number of imide groups is 1. The van der Waals surface area contributed by atoms with Crippen molar-refractivity contribution in [1.29, 1.82) is 0 Å². The Morgan fingerprint density at radius 2 is 2.11 bits per heavy atom. The number of hydrogen-bond donors (Lipinski definition) is 3. The number of primary amides is 1. The highest BCUT2D eigenvalue weighted by Crippen LogP contribution is 2.34. The van der Waals surface area contributed by atoms with Gasteiger partial charge >= 0.3 is 12.0 Å². The molecule has 0 aliphatic carbocycles. The Labute approximate surface area is 112 Å². The number of piperidine rings is 1. The van der Waals surface area contributed by atoms with Crippen LogP contribution in [0.1, 0.15) is 33.1 Å². The molecular weight excluding hydrogens is 250 g/mol. The van der Waals surface area contributed by atoms with Crippen molar-refractivity contribution in [1.82, 2.24) is 10.2 Å². The van der Waals surface area contributed by atoms with Gasteiger partial charge < -0.3 is 10.8 Å². The van der Waals surface area contributed by atoms with Gasteiger partial charge in [0.1, 0.15) is 0 Å². The van der Waals surface area contributed by atoms with Crippen LogP contribution in [0.3, 0.4) is 0 Å². The van der Waals surface area contributed by atoms with Crippen molar-refractivity contribution in [2.75, 3.05) is 13.1 Å². The molecule has 3 amide bonds. The van der Waals surface area contributed by atoms with Crippen molar-refractivity contribution in [3.8, 4) is 0 Å². The molecule has 1 saturated heterocycles. The van der Waals surface area contributed by atoms with E-state index in [9.17, 15) is 19.5 Å². The maximum absolute atomic E-state index is 11.7. The molecule has 2 atom stereocenters. The third kappa shape index (κ3) is 3.44. The first-order valence-electron chi connectivity index (χ1n) is 6.40. The van der Waals surface area contributed by atoms with E-state index in [0.29, 0.717) is 32.4 Å². The highest BCUT2D eigenvalue weighted by molar-refractivity contribution is 5.96. The molecule has 19 heavy (non-hydrogen) atoms. The second-order valence-corrected chi connectivity index (χ2v) is 5.04. The van der Waals surface area contributed by atoms with Crippen LogP contribution in [0.25, 0.3) is 0 Å². The zero-order valence-corrected chi connectivity index (χ0v) is 11.3. The summed E-state index contributed by atoms with van der Waals surface area (Å²) >= 11 is 0. The van der Waals surface area contributed by atoms with E-state index in [1.54, 1.807) is 11.8 Å². The van der Waals surface area contributed by atoms with Crippen molar-refractivity contribution in [2.24, 2.45) is 11.1 Å². The lowest BCUT2D eigenvalue weighted by Crippen LogP contribution is -2.55. The van der Waals surface area contributed by atoms with E-state index in [1.165, 1.54) is 0 Å². The van der Waals surface area contributed by atoms with E-state index in [4.69, 9.17) is 5.73 Å². The highest BCUT2D eigenvalue weighted by atomic mass is 16.4. The van der Waals surface area contributed by atoms with Crippen LogP contribution in [-0.4, -0.2) is 47.0 Å². The number of carboxylic acids is 1. The van der Waals surface area contributed by atoms with Gasteiger partial charge in [-0.25, -0.2) is 4.79 Å². The molecule has 7 heteroatoms. The molecule has 0 aromatic rings. The fourth-order valence-electron chi connectivity index (χ4n) is 2.50. The highest BCUT2D eigenvalue weighted by Gasteiger charge is 2.42. The number of likely N-dealkylation sites (tertiary alicyclic amines) is 1. The first-order valence-corrected chi connectivity index (χ1v) is 6.40. The predicted molar refractivity (Wildman–Crippen MR) is 68.4 cm³/mol. The summed E-state index contributed by atoms with van der Waals surface area (Å²) in [6.07, 6.45) is 1.84. The Bertz CT molecular complexity index is 385. The van der Waals surface area contributed by atoms with Gasteiger partial charge in [0.05, 0.1) is 11.5 Å². The van der Waals surface area contributed by atoms with Gasteiger partial charge in [-0.15, -0.1) is 0 Å². The Balaban J connectivity index is 2.76. The quantitative estimate of drug-likeness (QED) is 0.673. The molecule has 0 bridgehead atoms. The lowest BCUT2D eigenvalue weighted by atomic mass is 9.77. The van der Waals surface area contributed by atoms with E-state index in [1.807, 2.05) is 12.2 Å². The molecule has 0 spiro atoms. The summed E-state index contributed by atoms with van der Waals surface area (Å²) in [4.78, 5) is 35.6. The fraction of sp³-hybridized carbons (Fsp3) is 0.750. The van der Waals surface area contributed by atoms with Crippen LogP contribution in [0.4, 0.5) is 4.79 Å². The van der Waals surface area contributed by atoms with E-state index in [-0.39, 0.29) is 0 Å². The largest absolute Gasteiger partial charge is 0.481 e. The molecule has 1 rings (SSSR count). The Morgan fingerprint density at radius 3 is 2.58 bits per heavy atom. The molecule has 2 unspecified atom stereocenters. The molecule has 0 aromatic carbocycles. The van der Waals surface area contributed by atoms with Gasteiger partial charge in [0, 0.05) is 6.54 Å². The van der Waals surface area contributed by atoms with Crippen molar-refractivity contribution in [3.63, 3.8) is 0 Å². The molecule has 4 N–H and O–H groups in total. The summed E-state index contributed by atoms with van der Waals surface area (Å²) in [6, 6.07) is -1.47. The van der Waals surface area contributed by atoms with Gasteiger partial charge in [-0.1, -0.05) is 6.92 Å². The molecule has 1 aliphatic rings. The van der Waals surface area contributed by atoms with Crippen LogP contribution in [-0.2, 0) is 9.59 Å². The lowest BCUT2D eigenvalue weighted by molar-refractivity contribution is -0.154. The number of nitrogens with zero attached hydrogens (tertiary/aromatic N) is 1. The summed E-state index contributed by atoms with van der Waals surface area (Å²) in [5.74, 6) is -1.33. The standard InChI is InChI=1S/C12H21N3O4/c1-3-12(10(17)18)5-4-6-15(7-12)8(2)9(16)14-11(13)19/h8H,3-7H2,1-2H3,(H,17,18)(H3,13,14,16,19). The van der Waals surface area contributed by atoms with Gasteiger partial charge in [0.25, 0.3) is 0 Å². The van der Waals surface area contributed by atoms with Crippen molar-refractivity contribution in [2.45, 2.75) is 39.2 Å². The van der Waals surface area contributed by atoms with Crippen molar-refractivity contribution in [3.05, 3.63) is 0 Å². The SMILES string of the molecule is CCC1(C(=O)O)CCCN(C(C)C(=O)NC(N)=O)C1. The molecular formula is C12H21N3O4. The van der Waals surface area contributed by atoms with E-state index in [2.05, 4.69) is 0 Å². The van der Waals surface area contributed by atoms with Crippen molar-refractivity contribution < 1.29 is 19.5 Å². The number of rotatable bonds is 4. The number of hydrogen-bond acceptors (Lipinski definition) is 4.